The van der Waals surface area contributed by atoms with E-state index >= 15 is 0 Å². The molecule has 1 aliphatic heterocycles. The summed E-state index contributed by atoms with van der Waals surface area (Å²) in [5, 5.41) is 2.70. The monoisotopic (exact) mass is 240 g/mol. The van der Waals surface area contributed by atoms with Gasteiger partial charge in [-0.3, -0.25) is 4.79 Å². The third kappa shape index (κ3) is 2.47. The topological polar surface area (TPSA) is 55.1 Å². The first-order valence-corrected chi connectivity index (χ1v) is 6.26. The van der Waals surface area contributed by atoms with Crippen LogP contribution in [-0.4, -0.2) is 17.4 Å². The van der Waals surface area contributed by atoms with E-state index in [0.717, 1.165) is 17.9 Å². The molecule has 86 valence electrons. The largest absolute Gasteiger partial charge is 0.396 e. The van der Waals surface area contributed by atoms with Gasteiger partial charge in [0.05, 0.1) is 5.69 Å². The van der Waals surface area contributed by atoms with Crippen molar-refractivity contribution in [1.29, 1.82) is 0 Å². The number of carbonyl (C=O) groups is 1. The maximum Gasteiger partial charge on any atom is 0.228 e. The number of hydrogen-bond donors (Lipinski definition) is 2. The summed E-state index contributed by atoms with van der Waals surface area (Å²) in [5.41, 5.74) is 5.91. The van der Waals surface area contributed by atoms with Crippen molar-refractivity contribution in [2.75, 3.05) is 22.6 Å². The average molecular weight is 240 g/mol. The average Bonchev–Trinajstić information content (AvgIpc) is 2.77. The first-order chi connectivity index (χ1) is 7.66. The lowest BCUT2D eigenvalue weighted by Gasteiger charge is -2.10. The number of thioether (sulfide) groups is 1. The van der Waals surface area contributed by atoms with Crippen LogP contribution in [0.2, 0.25) is 0 Å². The zero-order valence-electron chi connectivity index (χ0n) is 8.70. The summed E-state index contributed by atoms with van der Waals surface area (Å²) in [5.74, 6) is 1.38. The zero-order valence-corrected chi connectivity index (χ0v) is 9.52. The summed E-state index contributed by atoms with van der Waals surface area (Å²) in [6.45, 7) is 0. The second kappa shape index (κ2) is 4.74. The first kappa shape index (κ1) is 11.3. The number of anilines is 2. The van der Waals surface area contributed by atoms with Crippen LogP contribution in [0.5, 0.6) is 0 Å². The summed E-state index contributed by atoms with van der Waals surface area (Å²) in [4.78, 5) is 11.7. The molecule has 1 amide bonds. The second-order valence-corrected chi connectivity index (χ2v) is 4.94. The van der Waals surface area contributed by atoms with Crippen molar-refractivity contribution >= 4 is 29.0 Å². The summed E-state index contributed by atoms with van der Waals surface area (Å²) in [7, 11) is 0. The maximum absolute atomic E-state index is 13.1. The van der Waals surface area contributed by atoms with E-state index in [4.69, 9.17) is 5.73 Å². The lowest BCUT2D eigenvalue weighted by Crippen LogP contribution is -2.22. The lowest BCUT2D eigenvalue weighted by molar-refractivity contribution is -0.119. The molecule has 1 saturated heterocycles. The highest BCUT2D eigenvalue weighted by molar-refractivity contribution is 7.99. The number of rotatable bonds is 2. The maximum atomic E-state index is 13.1. The predicted molar refractivity (Wildman–Crippen MR) is 64.9 cm³/mol. The minimum Gasteiger partial charge on any atom is -0.396 e. The van der Waals surface area contributed by atoms with Gasteiger partial charge in [-0.15, -0.1) is 0 Å². The minimum absolute atomic E-state index is 0.0332. The van der Waals surface area contributed by atoms with Gasteiger partial charge in [0.25, 0.3) is 0 Å². The van der Waals surface area contributed by atoms with Crippen LogP contribution in [0.1, 0.15) is 6.42 Å². The predicted octanol–water partition coefficient (Wildman–Crippen LogP) is 2.10. The molecule has 1 aromatic rings. The third-order valence-corrected chi connectivity index (χ3v) is 3.73. The fourth-order valence-electron chi connectivity index (χ4n) is 1.59. The summed E-state index contributed by atoms with van der Waals surface area (Å²) in [6.07, 6.45) is 0.897. The number of benzene rings is 1. The molecule has 2 rings (SSSR count). The summed E-state index contributed by atoms with van der Waals surface area (Å²) < 4.78 is 13.1. The molecule has 1 unspecified atom stereocenters. The highest BCUT2D eigenvalue weighted by Gasteiger charge is 2.23. The third-order valence-electron chi connectivity index (χ3n) is 2.57. The molecule has 1 atom stereocenters. The quantitative estimate of drug-likeness (QED) is 0.778. The van der Waals surface area contributed by atoms with E-state index in [9.17, 15) is 9.18 Å². The van der Waals surface area contributed by atoms with Gasteiger partial charge in [-0.05, 0) is 30.4 Å². The molecule has 0 saturated carbocycles. The Morgan fingerprint density at radius 2 is 2.38 bits per heavy atom. The number of nitrogens with two attached hydrogens (primary N) is 1. The summed E-state index contributed by atoms with van der Waals surface area (Å²) >= 11 is 1.77. The summed E-state index contributed by atoms with van der Waals surface area (Å²) in [6, 6.07) is 4.31. The molecule has 1 aromatic carbocycles. The SMILES string of the molecule is Nc1ccc(NC(=O)C2CCSC2)cc1F. The molecule has 5 heteroatoms. The van der Waals surface area contributed by atoms with Crippen molar-refractivity contribution < 1.29 is 9.18 Å². The second-order valence-electron chi connectivity index (χ2n) is 3.79. The van der Waals surface area contributed by atoms with E-state index in [1.54, 1.807) is 17.8 Å². The van der Waals surface area contributed by atoms with Crippen LogP contribution in [-0.2, 0) is 4.79 Å². The van der Waals surface area contributed by atoms with Crippen LogP contribution in [0, 0.1) is 11.7 Å². The van der Waals surface area contributed by atoms with E-state index in [-0.39, 0.29) is 17.5 Å². The van der Waals surface area contributed by atoms with Crippen LogP contribution in [0.25, 0.3) is 0 Å². The van der Waals surface area contributed by atoms with Gasteiger partial charge in [0.2, 0.25) is 5.91 Å². The Morgan fingerprint density at radius 3 is 3.00 bits per heavy atom. The molecule has 0 radical (unpaired) electrons. The Balaban J connectivity index is 2.02. The van der Waals surface area contributed by atoms with Gasteiger partial charge in [0, 0.05) is 17.4 Å². The Kier molecular flexibility index (Phi) is 3.33. The molecule has 1 fully saturated rings. The molecule has 0 aromatic heterocycles. The molecular weight excluding hydrogens is 227 g/mol. The number of halogens is 1. The first-order valence-electron chi connectivity index (χ1n) is 5.10. The van der Waals surface area contributed by atoms with E-state index < -0.39 is 5.82 Å². The van der Waals surface area contributed by atoms with E-state index in [2.05, 4.69) is 5.32 Å². The Labute approximate surface area is 97.6 Å². The number of amides is 1. The van der Waals surface area contributed by atoms with Crippen molar-refractivity contribution in [3.8, 4) is 0 Å². The number of nitrogen functional groups attached to an aromatic ring is 1. The zero-order chi connectivity index (χ0) is 11.5. The molecule has 0 aliphatic carbocycles. The Hall–Kier alpha value is -1.23. The van der Waals surface area contributed by atoms with Gasteiger partial charge in [-0.25, -0.2) is 4.39 Å². The van der Waals surface area contributed by atoms with Crippen LogP contribution in [0.4, 0.5) is 15.8 Å². The lowest BCUT2D eigenvalue weighted by atomic mass is 10.1. The van der Waals surface area contributed by atoms with Crippen molar-refractivity contribution in [2.45, 2.75) is 6.42 Å². The van der Waals surface area contributed by atoms with Gasteiger partial charge in [0.15, 0.2) is 0 Å². The highest BCUT2D eigenvalue weighted by atomic mass is 32.2. The Morgan fingerprint density at radius 1 is 1.56 bits per heavy atom. The van der Waals surface area contributed by atoms with Gasteiger partial charge in [-0.2, -0.15) is 11.8 Å². The number of carbonyl (C=O) groups excluding carboxylic acids is 1. The van der Waals surface area contributed by atoms with Crippen LogP contribution >= 0.6 is 11.8 Å². The fraction of sp³-hybridized carbons (Fsp3) is 0.364. The van der Waals surface area contributed by atoms with Crippen LogP contribution in [0.3, 0.4) is 0 Å². The molecule has 1 heterocycles. The minimum atomic E-state index is -0.501. The molecule has 1 aliphatic rings. The molecule has 3 nitrogen and oxygen atoms in total. The molecule has 0 spiro atoms. The van der Waals surface area contributed by atoms with Crippen LogP contribution < -0.4 is 11.1 Å². The molecule has 3 N–H and O–H groups in total. The normalized spacial score (nSPS) is 19.7. The fourth-order valence-corrected chi connectivity index (χ4v) is 2.81. The van der Waals surface area contributed by atoms with Gasteiger partial charge in [-0.1, -0.05) is 0 Å². The molecule has 16 heavy (non-hydrogen) atoms. The van der Waals surface area contributed by atoms with Gasteiger partial charge < -0.3 is 11.1 Å². The smallest absolute Gasteiger partial charge is 0.228 e. The van der Waals surface area contributed by atoms with Crippen molar-refractivity contribution in [1.82, 2.24) is 0 Å². The van der Waals surface area contributed by atoms with Crippen molar-refractivity contribution in [2.24, 2.45) is 5.92 Å². The van der Waals surface area contributed by atoms with E-state index in [1.807, 2.05) is 0 Å². The van der Waals surface area contributed by atoms with Gasteiger partial charge >= 0.3 is 0 Å². The van der Waals surface area contributed by atoms with E-state index in [0.29, 0.717) is 5.69 Å². The highest BCUT2D eigenvalue weighted by Crippen LogP contribution is 2.25. The molecular formula is C11H13FN2OS. The Bertz CT molecular complexity index is 405. The van der Waals surface area contributed by atoms with Crippen LogP contribution in [0.15, 0.2) is 18.2 Å². The molecule has 0 bridgehead atoms. The number of hydrogen-bond acceptors (Lipinski definition) is 3. The van der Waals surface area contributed by atoms with Crippen molar-refractivity contribution in [3.63, 3.8) is 0 Å². The van der Waals surface area contributed by atoms with Gasteiger partial charge in [0.1, 0.15) is 5.82 Å². The van der Waals surface area contributed by atoms with E-state index in [1.165, 1.54) is 12.1 Å². The number of nitrogens with one attached hydrogen (secondary N) is 1. The van der Waals surface area contributed by atoms with Crippen molar-refractivity contribution in [3.05, 3.63) is 24.0 Å². The standard InChI is InChI=1S/C11H13FN2OS/c12-9-5-8(1-2-10(9)13)14-11(15)7-3-4-16-6-7/h1-2,5,7H,3-4,6,13H2,(H,14,15).